The lowest BCUT2D eigenvalue weighted by molar-refractivity contribution is -0.384. The molecule has 0 aliphatic heterocycles. The highest BCUT2D eigenvalue weighted by molar-refractivity contribution is 5.69. The molecule has 0 aliphatic carbocycles. The number of nitrogens with two attached hydrogens (primary N) is 1. The van der Waals surface area contributed by atoms with Gasteiger partial charge in [0.1, 0.15) is 5.75 Å². The van der Waals surface area contributed by atoms with E-state index in [9.17, 15) is 14.9 Å². The van der Waals surface area contributed by atoms with Gasteiger partial charge in [-0.3, -0.25) is 15.5 Å². The Morgan fingerprint density at radius 3 is 2.43 bits per heavy atom. The third kappa shape index (κ3) is 2.42. The van der Waals surface area contributed by atoms with E-state index in [2.05, 4.69) is 4.74 Å². The molecule has 74 valence electrons. The fourth-order valence-corrected chi connectivity index (χ4v) is 0.772. The van der Waals surface area contributed by atoms with E-state index in [1.165, 1.54) is 24.3 Å². The van der Waals surface area contributed by atoms with E-state index in [1.54, 1.807) is 5.43 Å². The predicted octanol–water partition coefficient (Wildman–Crippen LogP) is 0.557. The van der Waals surface area contributed by atoms with Crippen LogP contribution in [0.25, 0.3) is 0 Å². The van der Waals surface area contributed by atoms with Crippen molar-refractivity contribution in [3.8, 4) is 5.75 Å². The third-order valence-electron chi connectivity index (χ3n) is 1.38. The topological polar surface area (TPSA) is 107 Å². The quantitative estimate of drug-likeness (QED) is 0.311. The highest BCUT2D eigenvalue weighted by Crippen LogP contribution is 2.16. The fourth-order valence-electron chi connectivity index (χ4n) is 0.772. The van der Waals surface area contributed by atoms with Gasteiger partial charge in [0.2, 0.25) is 0 Å². The minimum Gasteiger partial charge on any atom is -0.409 e. The van der Waals surface area contributed by atoms with Gasteiger partial charge in [-0.05, 0) is 12.1 Å². The minimum atomic E-state index is -0.834. The standard InChI is InChI=1S/C7H7N3O4/c8-9-7(11)14-6-3-1-5(2-4-6)10(12)13/h1-4H,8H2,(H,9,11). The Hall–Kier alpha value is -2.15. The third-order valence-corrected chi connectivity index (χ3v) is 1.38. The van der Waals surface area contributed by atoms with Crippen molar-refractivity contribution in [1.29, 1.82) is 0 Å². The lowest BCUT2D eigenvalue weighted by Gasteiger charge is -2.01. The van der Waals surface area contributed by atoms with Crippen molar-refractivity contribution in [3.05, 3.63) is 34.4 Å². The number of hydrogen-bond acceptors (Lipinski definition) is 5. The van der Waals surface area contributed by atoms with Gasteiger partial charge in [-0.2, -0.15) is 0 Å². The maximum atomic E-state index is 10.6. The number of non-ortho nitro benzene ring substituents is 1. The predicted molar refractivity (Wildman–Crippen MR) is 46.4 cm³/mol. The number of amides is 1. The molecule has 0 saturated heterocycles. The number of nitro groups is 1. The van der Waals surface area contributed by atoms with Crippen molar-refractivity contribution in [2.24, 2.45) is 5.84 Å². The van der Waals surface area contributed by atoms with Crippen LogP contribution in [-0.4, -0.2) is 11.0 Å². The Morgan fingerprint density at radius 2 is 2.00 bits per heavy atom. The average molecular weight is 197 g/mol. The molecule has 0 heterocycles. The molecule has 7 nitrogen and oxygen atoms in total. The molecular weight excluding hydrogens is 190 g/mol. The van der Waals surface area contributed by atoms with E-state index in [-0.39, 0.29) is 11.4 Å². The molecular formula is C7H7N3O4. The second-order valence-corrected chi connectivity index (χ2v) is 2.28. The summed E-state index contributed by atoms with van der Waals surface area (Å²) in [5.41, 5.74) is 1.68. The number of carbonyl (C=O) groups excluding carboxylic acids is 1. The minimum absolute atomic E-state index is 0.0782. The molecule has 0 fully saturated rings. The van der Waals surface area contributed by atoms with Gasteiger partial charge < -0.3 is 4.74 Å². The summed E-state index contributed by atoms with van der Waals surface area (Å²) < 4.78 is 4.60. The van der Waals surface area contributed by atoms with E-state index in [4.69, 9.17) is 5.84 Å². The smallest absolute Gasteiger partial charge is 0.409 e. The second-order valence-electron chi connectivity index (χ2n) is 2.28. The molecule has 1 amide bonds. The zero-order valence-electron chi connectivity index (χ0n) is 6.97. The molecule has 0 radical (unpaired) electrons. The van der Waals surface area contributed by atoms with Crippen molar-refractivity contribution in [2.45, 2.75) is 0 Å². The largest absolute Gasteiger partial charge is 0.426 e. The molecule has 0 spiro atoms. The van der Waals surface area contributed by atoms with Crippen LogP contribution in [0.2, 0.25) is 0 Å². The Labute approximate surface area is 78.6 Å². The summed E-state index contributed by atoms with van der Waals surface area (Å²) in [6.45, 7) is 0. The van der Waals surface area contributed by atoms with Crippen molar-refractivity contribution < 1.29 is 14.5 Å². The van der Waals surface area contributed by atoms with Crippen LogP contribution in [0.3, 0.4) is 0 Å². The van der Waals surface area contributed by atoms with Crippen LogP contribution in [0.5, 0.6) is 5.75 Å². The van der Waals surface area contributed by atoms with Crippen LogP contribution in [0.4, 0.5) is 10.5 Å². The van der Waals surface area contributed by atoms with Gasteiger partial charge in [0.05, 0.1) is 4.92 Å². The molecule has 0 aromatic heterocycles. The first-order valence-corrected chi connectivity index (χ1v) is 3.56. The summed E-state index contributed by atoms with van der Waals surface area (Å²) in [5, 5.41) is 10.3. The van der Waals surface area contributed by atoms with Crippen LogP contribution < -0.4 is 16.0 Å². The summed E-state index contributed by atoms with van der Waals surface area (Å²) in [6.07, 6.45) is -0.834. The number of hydrazine groups is 1. The van der Waals surface area contributed by atoms with Gasteiger partial charge in [0.25, 0.3) is 5.69 Å². The number of rotatable bonds is 2. The van der Waals surface area contributed by atoms with Crippen molar-refractivity contribution >= 4 is 11.8 Å². The maximum absolute atomic E-state index is 10.6. The van der Waals surface area contributed by atoms with Gasteiger partial charge in [-0.25, -0.2) is 10.6 Å². The van der Waals surface area contributed by atoms with Gasteiger partial charge in [0.15, 0.2) is 0 Å². The second kappa shape index (κ2) is 4.19. The first-order valence-electron chi connectivity index (χ1n) is 3.56. The van der Waals surface area contributed by atoms with Crippen LogP contribution in [-0.2, 0) is 0 Å². The van der Waals surface area contributed by atoms with Gasteiger partial charge in [-0.1, -0.05) is 0 Å². The first kappa shape index (κ1) is 9.93. The lowest BCUT2D eigenvalue weighted by atomic mass is 10.3. The molecule has 0 bridgehead atoms. The molecule has 14 heavy (non-hydrogen) atoms. The average Bonchev–Trinajstić information content (AvgIpc) is 2.18. The van der Waals surface area contributed by atoms with Gasteiger partial charge >= 0.3 is 6.09 Å². The molecule has 0 unspecified atom stereocenters. The van der Waals surface area contributed by atoms with Crippen molar-refractivity contribution in [2.75, 3.05) is 0 Å². The van der Waals surface area contributed by atoms with E-state index in [0.717, 1.165) is 0 Å². The fraction of sp³-hybridized carbons (Fsp3) is 0. The molecule has 0 aliphatic rings. The molecule has 0 atom stereocenters. The van der Waals surface area contributed by atoms with Crippen LogP contribution in [0, 0.1) is 10.1 Å². The number of nitrogens with zero attached hydrogens (tertiary/aromatic N) is 1. The van der Waals surface area contributed by atoms with Crippen LogP contribution in [0.1, 0.15) is 0 Å². The summed E-state index contributed by atoms with van der Waals surface area (Å²) in [6, 6.07) is 5.04. The zero-order valence-corrected chi connectivity index (χ0v) is 6.97. The normalized spacial score (nSPS) is 9.21. The van der Waals surface area contributed by atoms with E-state index in [1.807, 2.05) is 0 Å². The van der Waals surface area contributed by atoms with E-state index >= 15 is 0 Å². The highest BCUT2D eigenvalue weighted by atomic mass is 16.6. The van der Waals surface area contributed by atoms with Crippen LogP contribution in [0.15, 0.2) is 24.3 Å². The first-order chi connectivity index (χ1) is 6.63. The number of hydrogen-bond donors (Lipinski definition) is 2. The van der Waals surface area contributed by atoms with E-state index in [0.29, 0.717) is 0 Å². The van der Waals surface area contributed by atoms with Gasteiger partial charge in [-0.15, -0.1) is 0 Å². The number of ether oxygens (including phenoxy) is 1. The van der Waals surface area contributed by atoms with Crippen molar-refractivity contribution in [1.82, 2.24) is 5.43 Å². The lowest BCUT2D eigenvalue weighted by Crippen LogP contribution is -2.32. The SMILES string of the molecule is NNC(=O)Oc1ccc([N+](=O)[O-])cc1. The number of nitrogens with one attached hydrogen (secondary N) is 1. The summed E-state index contributed by atoms with van der Waals surface area (Å²) in [4.78, 5) is 20.3. The van der Waals surface area contributed by atoms with Crippen molar-refractivity contribution in [3.63, 3.8) is 0 Å². The number of carbonyl (C=O) groups is 1. The molecule has 1 aromatic carbocycles. The number of nitro benzene ring substituents is 1. The van der Waals surface area contributed by atoms with E-state index < -0.39 is 11.0 Å². The highest BCUT2D eigenvalue weighted by Gasteiger charge is 2.06. The summed E-state index contributed by atoms with van der Waals surface area (Å²) in [5.74, 6) is 4.94. The Kier molecular flexibility index (Phi) is 2.97. The zero-order chi connectivity index (χ0) is 10.6. The summed E-state index contributed by atoms with van der Waals surface area (Å²) in [7, 11) is 0. The molecule has 3 N–H and O–H groups in total. The Morgan fingerprint density at radius 1 is 1.43 bits per heavy atom. The Bertz CT molecular complexity index is 348. The molecule has 1 aromatic rings. The Balaban J connectivity index is 2.73. The molecule has 0 saturated carbocycles. The van der Waals surface area contributed by atoms with Crippen LogP contribution >= 0.6 is 0 Å². The summed E-state index contributed by atoms with van der Waals surface area (Å²) >= 11 is 0. The molecule has 7 heteroatoms. The number of benzene rings is 1. The molecule has 1 rings (SSSR count). The monoisotopic (exact) mass is 197 g/mol. The maximum Gasteiger partial charge on any atom is 0.426 e. The van der Waals surface area contributed by atoms with Gasteiger partial charge in [0, 0.05) is 12.1 Å².